The first-order chi connectivity index (χ1) is 45.0. The number of carbonyl (C=O) groups is 1. The minimum Gasteiger partial charge on any atom is -0.756 e. The molecule has 0 saturated carbocycles. The Bertz CT molecular complexity index is 1870. The zero-order valence-corrected chi connectivity index (χ0v) is 62.1. The molecule has 0 radical (unpaired) electrons. The van der Waals surface area contributed by atoms with Crippen molar-refractivity contribution in [1.29, 1.82) is 0 Å². The summed E-state index contributed by atoms with van der Waals surface area (Å²) in [5.41, 5.74) is 0. The van der Waals surface area contributed by atoms with Gasteiger partial charge in [-0.25, -0.2) is 0 Å². The molecule has 0 aliphatic carbocycles. The number of rotatable bonds is 72. The summed E-state index contributed by atoms with van der Waals surface area (Å²) in [5, 5.41) is 14.0. The van der Waals surface area contributed by atoms with E-state index < -0.39 is 20.0 Å². The molecular formula is C83H151N2O6P. The number of likely N-dealkylation sites (N-methyl/N-ethyl adjacent to an activating group) is 1. The van der Waals surface area contributed by atoms with E-state index in [4.69, 9.17) is 9.05 Å². The zero-order chi connectivity index (χ0) is 66.9. The smallest absolute Gasteiger partial charge is 0.268 e. The summed E-state index contributed by atoms with van der Waals surface area (Å²) in [7, 11) is 1.26. The highest BCUT2D eigenvalue weighted by atomic mass is 31.2. The molecule has 3 unspecified atom stereocenters. The lowest BCUT2D eigenvalue weighted by Gasteiger charge is -2.29. The van der Waals surface area contributed by atoms with Crippen molar-refractivity contribution in [3.8, 4) is 0 Å². The summed E-state index contributed by atoms with van der Waals surface area (Å²) in [6, 6.07) is -0.895. The van der Waals surface area contributed by atoms with Crippen molar-refractivity contribution in [1.82, 2.24) is 5.32 Å². The third kappa shape index (κ3) is 74.6. The van der Waals surface area contributed by atoms with E-state index in [2.05, 4.69) is 116 Å². The van der Waals surface area contributed by atoms with Crippen molar-refractivity contribution in [3.05, 3.63) is 109 Å². The zero-order valence-electron chi connectivity index (χ0n) is 61.2. The molecule has 0 aromatic carbocycles. The lowest BCUT2D eigenvalue weighted by Crippen LogP contribution is -2.45. The van der Waals surface area contributed by atoms with Crippen LogP contribution >= 0.6 is 7.82 Å². The van der Waals surface area contributed by atoms with E-state index in [1.165, 1.54) is 250 Å². The number of nitrogens with zero attached hydrogens (tertiary/aromatic N) is 1. The van der Waals surface area contributed by atoms with Gasteiger partial charge in [0.2, 0.25) is 5.91 Å². The van der Waals surface area contributed by atoms with Crippen LogP contribution in [0.25, 0.3) is 0 Å². The van der Waals surface area contributed by atoms with Crippen LogP contribution in [0.5, 0.6) is 0 Å². The highest BCUT2D eigenvalue weighted by Crippen LogP contribution is 2.38. The molecule has 3 atom stereocenters. The molecule has 0 aromatic heterocycles. The van der Waals surface area contributed by atoms with Crippen LogP contribution in [0, 0.1) is 0 Å². The Morgan fingerprint density at radius 1 is 0.391 bits per heavy atom. The Hall–Kier alpha value is -2.84. The number of phosphoric acid groups is 1. The largest absolute Gasteiger partial charge is 0.756 e. The highest BCUT2D eigenvalue weighted by Gasteiger charge is 2.23. The summed E-state index contributed by atoms with van der Waals surface area (Å²) in [5.74, 6) is -0.196. The molecule has 534 valence electrons. The molecule has 9 heteroatoms. The fourth-order valence-electron chi connectivity index (χ4n) is 11.5. The molecule has 2 N–H and O–H groups in total. The van der Waals surface area contributed by atoms with Gasteiger partial charge >= 0.3 is 0 Å². The Kier molecular flexibility index (Phi) is 70.2. The number of carbonyl (C=O) groups excluding carboxylic acids is 1. The van der Waals surface area contributed by atoms with E-state index in [1.54, 1.807) is 6.08 Å². The van der Waals surface area contributed by atoms with Crippen molar-refractivity contribution in [2.24, 2.45) is 0 Å². The van der Waals surface area contributed by atoms with Crippen LogP contribution in [-0.2, 0) is 18.4 Å². The topological polar surface area (TPSA) is 108 Å². The van der Waals surface area contributed by atoms with E-state index in [9.17, 15) is 19.4 Å². The maximum atomic E-state index is 13.1. The van der Waals surface area contributed by atoms with Gasteiger partial charge in [-0.3, -0.25) is 9.36 Å². The molecule has 0 heterocycles. The predicted octanol–water partition coefficient (Wildman–Crippen LogP) is 25.2. The summed E-state index contributed by atoms with van der Waals surface area (Å²) in [4.78, 5) is 25.7. The Morgan fingerprint density at radius 2 is 0.663 bits per heavy atom. The normalized spacial score (nSPS) is 14.1. The van der Waals surface area contributed by atoms with Gasteiger partial charge in [-0.15, -0.1) is 0 Å². The average Bonchev–Trinajstić information content (AvgIpc) is 2.63. The molecule has 0 fully saturated rings. The Morgan fingerprint density at radius 3 is 0.967 bits per heavy atom. The number of aliphatic hydroxyl groups excluding tert-OH is 1. The molecule has 0 aliphatic rings. The van der Waals surface area contributed by atoms with Gasteiger partial charge in [-0.2, -0.15) is 0 Å². The van der Waals surface area contributed by atoms with Crippen LogP contribution in [-0.4, -0.2) is 68.5 Å². The molecule has 92 heavy (non-hydrogen) atoms. The average molecular weight is 1300 g/mol. The van der Waals surface area contributed by atoms with Crippen LogP contribution < -0.4 is 10.2 Å². The van der Waals surface area contributed by atoms with Crippen LogP contribution in [0.2, 0.25) is 0 Å². The highest BCUT2D eigenvalue weighted by molar-refractivity contribution is 7.45. The molecular weight excluding hydrogens is 1150 g/mol. The number of aliphatic hydroxyl groups is 1. The first-order valence-corrected chi connectivity index (χ1v) is 40.7. The van der Waals surface area contributed by atoms with Gasteiger partial charge < -0.3 is 28.8 Å². The lowest BCUT2D eigenvalue weighted by molar-refractivity contribution is -0.870. The monoisotopic (exact) mass is 1300 g/mol. The Balaban J connectivity index is 4.03. The number of phosphoric ester groups is 1. The number of nitrogens with one attached hydrogen (secondary N) is 1. The predicted molar refractivity (Wildman–Crippen MR) is 403 cm³/mol. The number of allylic oxidation sites excluding steroid dienone is 17. The van der Waals surface area contributed by atoms with Crippen LogP contribution in [0.1, 0.15) is 361 Å². The third-order valence-corrected chi connectivity index (χ3v) is 18.5. The minimum absolute atomic E-state index is 0.00372. The molecule has 0 spiro atoms. The van der Waals surface area contributed by atoms with Crippen LogP contribution in [0.15, 0.2) is 109 Å². The lowest BCUT2D eigenvalue weighted by atomic mass is 10.0. The minimum atomic E-state index is -4.61. The number of quaternary nitrogens is 1. The standard InChI is InChI=1S/C83H151N2O6P/c1-6-8-10-12-14-16-18-20-22-24-26-28-30-32-34-36-38-39-40-41-42-43-44-45-47-49-51-53-55-57-59-61-63-65-67-69-71-73-75-77-83(87)84-81(80-91-92(88,89)90-79-78-85(3,4)5)82(86)76-74-72-70-68-66-64-62-60-58-56-54-52-50-48-46-37-35-33-31-29-27-25-23-21-19-17-15-13-11-9-7-2/h8,10,14,16,20,22,26,28,32,34,38-39,41-42,44-45,74,76,81-82,86H,6-7,9,11-13,15,17-19,21,23-25,27,29-31,33,35-37,40,43,46-73,75,77-80H2,1-5H3,(H-,84,87,88,89)/b10-8-,16-14-,22-20-,28-26-,34-32-,39-38-,42-41-,45-44-,76-74+. The van der Waals surface area contributed by atoms with E-state index in [0.29, 0.717) is 17.4 Å². The van der Waals surface area contributed by atoms with Gasteiger partial charge in [0.15, 0.2) is 0 Å². The molecule has 0 rings (SSSR count). The number of amides is 1. The maximum Gasteiger partial charge on any atom is 0.268 e. The van der Waals surface area contributed by atoms with Gasteiger partial charge in [0.25, 0.3) is 7.82 Å². The van der Waals surface area contributed by atoms with Crippen molar-refractivity contribution in [2.45, 2.75) is 373 Å². The molecule has 0 saturated heterocycles. The van der Waals surface area contributed by atoms with Gasteiger partial charge in [-0.1, -0.05) is 380 Å². The summed E-state index contributed by atoms with van der Waals surface area (Å²) in [6.07, 6.45) is 107. The van der Waals surface area contributed by atoms with Crippen molar-refractivity contribution < 1.29 is 32.9 Å². The van der Waals surface area contributed by atoms with Gasteiger partial charge in [0.05, 0.1) is 39.9 Å². The molecule has 0 aliphatic heterocycles. The third-order valence-electron chi connectivity index (χ3n) is 17.5. The number of hydrogen-bond donors (Lipinski definition) is 2. The molecule has 1 amide bonds. The van der Waals surface area contributed by atoms with Crippen molar-refractivity contribution in [2.75, 3.05) is 40.9 Å². The summed E-state index contributed by atoms with van der Waals surface area (Å²) in [6.45, 7) is 4.57. The van der Waals surface area contributed by atoms with E-state index >= 15 is 0 Å². The quantitative estimate of drug-likeness (QED) is 0.0272. The maximum absolute atomic E-state index is 13.1. The van der Waals surface area contributed by atoms with Crippen LogP contribution in [0.4, 0.5) is 0 Å². The fraction of sp³-hybridized carbons (Fsp3) is 0.771. The summed E-state index contributed by atoms with van der Waals surface area (Å²) < 4.78 is 23.5. The van der Waals surface area contributed by atoms with Gasteiger partial charge in [-0.05, 0) is 83.5 Å². The fourth-order valence-corrected chi connectivity index (χ4v) is 12.2. The van der Waals surface area contributed by atoms with Crippen molar-refractivity contribution >= 4 is 13.7 Å². The SMILES string of the molecule is CC/C=C\C/C=C\C/C=C\C/C=C\C/C=C\C/C=C\C/C=C\C/C=C\CCCCCCCCCCCCCCCCC(=O)NC(COP(=O)([O-])OCC[N+](C)(C)C)C(O)/C=C/CCCCCCCCCCCCCCCCCCCCCCCCCCCCCCC. The molecule has 8 nitrogen and oxygen atoms in total. The first-order valence-electron chi connectivity index (χ1n) is 39.2. The van der Waals surface area contributed by atoms with Gasteiger partial charge in [0, 0.05) is 6.42 Å². The Labute approximate surface area is 572 Å². The second kappa shape index (κ2) is 72.4. The molecule has 0 aromatic rings. The van der Waals surface area contributed by atoms with Crippen molar-refractivity contribution in [3.63, 3.8) is 0 Å². The van der Waals surface area contributed by atoms with E-state index in [-0.39, 0.29) is 19.1 Å². The van der Waals surface area contributed by atoms with E-state index in [0.717, 1.165) is 89.9 Å². The second-order valence-electron chi connectivity index (χ2n) is 27.7. The van der Waals surface area contributed by atoms with E-state index in [1.807, 2.05) is 27.2 Å². The number of unbranched alkanes of at least 4 members (excludes halogenated alkanes) is 43. The van der Waals surface area contributed by atoms with Gasteiger partial charge in [0.1, 0.15) is 13.2 Å². The first kappa shape index (κ1) is 89.2. The molecule has 0 bridgehead atoms. The summed E-state index contributed by atoms with van der Waals surface area (Å²) >= 11 is 0. The second-order valence-corrected chi connectivity index (χ2v) is 29.1. The van der Waals surface area contributed by atoms with Crippen LogP contribution in [0.3, 0.4) is 0 Å². The number of hydrogen-bond acceptors (Lipinski definition) is 6.